The first-order chi connectivity index (χ1) is 22.4. The van der Waals surface area contributed by atoms with Gasteiger partial charge in [0, 0.05) is 79.2 Å². The minimum absolute atomic E-state index is 0.288. The van der Waals surface area contributed by atoms with Crippen LogP contribution in [-0.2, 0) is 28.9 Å². The van der Waals surface area contributed by atoms with E-state index < -0.39 is 5.79 Å². The number of rotatable bonds is 9. The van der Waals surface area contributed by atoms with Crippen LogP contribution in [0.2, 0.25) is 10.0 Å². The van der Waals surface area contributed by atoms with Crippen LogP contribution in [0.3, 0.4) is 0 Å². The molecule has 2 aliphatic heterocycles. The number of ether oxygens (including phenoxy) is 3. The number of hydrogen-bond donors (Lipinski definition) is 0. The Labute approximate surface area is 281 Å². The molecule has 0 radical (unpaired) electrons. The fourth-order valence-electron chi connectivity index (χ4n) is 5.82. The largest absolute Gasteiger partial charge is 0.491 e. The summed E-state index contributed by atoms with van der Waals surface area (Å²) in [5.74, 6) is -0.299. The molecule has 0 bridgehead atoms. The molecule has 5 aromatic rings. The number of nitrogens with zero attached hydrogens (tertiary/aromatic N) is 6. The van der Waals surface area contributed by atoms with Crippen LogP contribution in [0.15, 0.2) is 102 Å². The first-order valence-corrected chi connectivity index (χ1v) is 16.8. The molecule has 0 amide bonds. The van der Waals surface area contributed by atoms with Gasteiger partial charge < -0.3 is 33.1 Å². The van der Waals surface area contributed by atoms with Crippen LogP contribution in [0, 0.1) is 0 Å². The van der Waals surface area contributed by atoms with E-state index in [9.17, 15) is 0 Å². The predicted octanol–water partition coefficient (Wildman–Crippen LogP) is 6.50. The van der Waals surface area contributed by atoms with Crippen LogP contribution < -0.4 is 19.3 Å². The fraction of sp³-hybridized carbons (Fsp3) is 0.294. The SMILES string of the molecule is Cn1ccsc1=Nc1ccc(N2CCN(c3ccc(OCC4COC(Cn5ccnc5)(c5ccc(Cl)cc5Cl)O4)cc3)CC2)cc1. The monoisotopic (exact) mass is 676 g/mol. The summed E-state index contributed by atoms with van der Waals surface area (Å²) in [6.07, 6.45) is 7.05. The third-order valence-electron chi connectivity index (χ3n) is 8.27. The third kappa shape index (κ3) is 6.82. The molecule has 2 atom stereocenters. The van der Waals surface area contributed by atoms with Gasteiger partial charge in [-0.05, 0) is 60.7 Å². The molecule has 2 aliphatic rings. The molecule has 0 N–H and O–H groups in total. The first-order valence-electron chi connectivity index (χ1n) is 15.1. The molecule has 238 valence electrons. The van der Waals surface area contributed by atoms with E-state index in [1.165, 1.54) is 11.4 Å². The summed E-state index contributed by atoms with van der Waals surface area (Å²) in [5, 5.41) is 3.08. The highest BCUT2D eigenvalue weighted by atomic mass is 35.5. The summed E-state index contributed by atoms with van der Waals surface area (Å²) in [7, 11) is 2.01. The molecule has 2 fully saturated rings. The van der Waals surface area contributed by atoms with Crippen LogP contribution in [0.4, 0.5) is 17.1 Å². The molecule has 2 unspecified atom stereocenters. The zero-order valence-corrected chi connectivity index (χ0v) is 27.7. The number of halogens is 2. The van der Waals surface area contributed by atoms with Crippen molar-refractivity contribution in [3.05, 3.63) is 117 Å². The average Bonchev–Trinajstić information content (AvgIpc) is 3.84. The molecule has 3 aromatic carbocycles. The van der Waals surface area contributed by atoms with Crippen molar-refractivity contribution in [1.29, 1.82) is 0 Å². The first kappa shape index (κ1) is 30.8. The Morgan fingerprint density at radius 2 is 1.67 bits per heavy atom. The summed E-state index contributed by atoms with van der Waals surface area (Å²) in [5.41, 5.74) is 4.09. The van der Waals surface area contributed by atoms with Gasteiger partial charge in [0.15, 0.2) is 4.80 Å². The lowest BCUT2D eigenvalue weighted by Gasteiger charge is -2.37. The van der Waals surface area contributed by atoms with Crippen molar-refractivity contribution in [3.63, 3.8) is 0 Å². The van der Waals surface area contributed by atoms with E-state index in [4.69, 9.17) is 42.4 Å². The van der Waals surface area contributed by atoms with Crippen molar-refractivity contribution in [2.75, 3.05) is 49.2 Å². The molecular weight excluding hydrogens is 643 g/mol. The Balaban J connectivity index is 0.930. The van der Waals surface area contributed by atoms with Crippen molar-refractivity contribution in [3.8, 4) is 5.75 Å². The quantitative estimate of drug-likeness (QED) is 0.178. The van der Waals surface area contributed by atoms with Gasteiger partial charge in [0.2, 0.25) is 5.79 Å². The minimum Gasteiger partial charge on any atom is -0.491 e. The molecule has 0 saturated carbocycles. The van der Waals surface area contributed by atoms with Gasteiger partial charge in [0.1, 0.15) is 18.5 Å². The van der Waals surface area contributed by atoms with Gasteiger partial charge in [-0.3, -0.25) is 0 Å². The molecular formula is C34H34Cl2N6O3S. The maximum Gasteiger partial charge on any atom is 0.215 e. The number of benzene rings is 3. The second kappa shape index (κ2) is 13.5. The Morgan fingerprint density at radius 1 is 0.957 bits per heavy atom. The Kier molecular flexibility index (Phi) is 9.06. The van der Waals surface area contributed by atoms with E-state index in [1.54, 1.807) is 36.0 Å². The lowest BCUT2D eigenvalue weighted by molar-refractivity contribution is -0.189. The molecule has 2 aromatic heterocycles. The Hall–Kier alpha value is -3.80. The smallest absolute Gasteiger partial charge is 0.215 e. The van der Waals surface area contributed by atoms with Gasteiger partial charge in [-0.1, -0.05) is 29.3 Å². The number of imidazole rings is 1. The highest BCUT2D eigenvalue weighted by molar-refractivity contribution is 7.07. The summed E-state index contributed by atoms with van der Waals surface area (Å²) in [6, 6.07) is 22.1. The van der Waals surface area contributed by atoms with E-state index in [1.807, 2.05) is 52.2 Å². The number of thiazole rings is 1. The molecule has 46 heavy (non-hydrogen) atoms. The maximum absolute atomic E-state index is 6.60. The summed E-state index contributed by atoms with van der Waals surface area (Å²) in [4.78, 5) is 14.7. The van der Waals surface area contributed by atoms with Gasteiger partial charge in [-0.15, -0.1) is 11.3 Å². The number of piperazine rings is 1. The normalized spacial score (nSPS) is 20.4. The van der Waals surface area contributed by atoms with Crippen LogP contribution in [-0.4, -0.2) is 59.6 Å². The summed E-state index contributed by atoms with van der Waals surface area (Å²) < 4.78 is 22.9. The second-order valence-corrected chi connectivity index (χ2v) is 13.1. The molecule has 12 heteroatoms. The summed E-state index contributed by atoms with van der Waals surface area (Å²) in [6.45, 7) is 4.88. The fourth-order valence-corrected chi connectivity index (χ4v) is 7.13. The van der Waals surface area contributed by atoms with Gasteiger partial charge in [0.25, 0.3) is 0 Å². The van der Waals surface area contributed by atoms with E-state index in [0.717, 1.165) is 48.0 Å². The van der Waals surface area contributed by atoms with Gasteiger partial charge in [-0.25, -0.2) is 9.98 Å². The van der Waals surface area contributed by atoms with Crippen molar-refractivity contribution < 1.29 is 14.2 Å². The Morgan fingerprint density at radius 3 is 2.30 bits per heavy atom. The van der Waals surface area contributed by atoms with Crippen LogP contribution in [0.25, 0.3) is 0 Å². The highest BCUT2D eigenvalue weighted by Gasteiger charge is 2.45. The van der Waals surface area contributed by atoms with Crippen LogP contribution in [0.1, 0.15) is 5.56 Å². The Bertz CT molecular complexity index is 1820. The number of aryl methyl sites for hydroxylation is 1. The lowest BCUT2D eigenvalue weighted by Crippen LogP contribution is -2.46. The number of hydrogen-bond acceptors (Lipinski definition) is 8. The lowest BCUT2D eigenvalue weighted by atomic mass is 10.1. The van der Waals surface area contributed by atoms with E-state index >= 15 is 0 Å². The van der Waals surface area contributed by atoms with Gasteiger partial charge in [0.05, 0.1) is 30.2 Å². The highest BCUT2D eigenvalue weighted by Crippen LogP contribution is 2.40. The average molecular weight is 678 g/mol. The topological polar surface area (TPSA) is 69.3 Å². The minimum atomic E-state index is -1.08. The van der Waals surface area contributed by atoms with Crippen molar-refractivity contribution in [2.24, 2.45) is 12.0 Å². The molecule has 0 aliphatic carbocycles. The second-order valence-electron chi connectivity index (χ2n) is 11.4. The third-order valence-corrected chi connectivity index (χ3v) is 9.66. The van der Waals surface area contributed by atoms with Crippen molar-refractivity contribution >= 4 is 51.6 Å². The number of anilines is 2. The van der Waals surface area contributed by atoms with Crippen LogP contribution >= 0.6 is 34.5 Å². The van der Waals surface area contributed by atoms with Crippen LogP contribution in [0.5, 0.6) is 5.75 Å². The zero-order valence-electron chi connectivity index (χ0n) is 25.3. The van der Waals surface area contributed by atoms with Gasteiger partial charge in [-0.2, -0.15) is 0 Å². The van der Waals surface area contributed by atoms with Crippen molar-refractivity contribution in [2.45, 2.75) is 18.4 Å². The van der Waals surface area contributed by atoms with Gasteiger partial charge >= 0.3 is 0 Å². The van der Waals surface area contributed by atoms with E-state index in [0.29, 0.717) is 29.8 Å². The van der Waals surface area contributed by atoms with Crippen molar-refractivity contribution in [1.82, 2.24) is 14.1 Å². The molecule has 9 nitrogen and oxygen atoms in total. The zero-order chi connectivity index (χ0) is 31.5. The molecule has 7 rings (SSSR count). The standard InChI is InChI=1S/C34H34Cl2N6O3S/c1-39-18-19-46-33(39)38-26-3-5-27(6-4-26)41-14-16-42(17-15-41)28-7-9-29(10-8-28)43-21-30-22-44-34(45-30,23-40-13-12-37-24-40)31-11-2-25(35)20-32(31)36/h2-13,18-20,24,30H,14-17,21-23H2,1H3. The van der Waals surface area contributed by atoms with E-state index in [2.05, 4.69) is 51.2 Å². The molecule has 2 saturated heterocycles. The van der Waals surface area contributed by atoms with E-state index in [-0.39, 0.29) is 6.10 Å². The number of aromatic nitrogens is 3. The summed E-state index contributed by atoms with van der Waals surface area (Å²) >= 11 is 14.4. The maximum atomic E-state index is 6.60. The molecule has 0 spiro atoms. The molecule has 4 heterocycles. The predicted molar refractivity (Wildman–Crippen MR) is 183 cm³/mol.